The second-order valence-corrected chi connectivity index (χ2v) is 6.97. The van der Waals surface area contributed by atoms with Crippen LogP contribution in [-0.4, -0.2) is 48.2 Å². The zero-order valence-electron chi connectivity index (χ0n) is 14.6. The van der Waals surface area contributed by atoms with Crippen LogP contribution in [0.3, 0.4) is 0 Å². The van der Waals surface area contributed by atoms with E-state index in [1.54, 1.807) is 31.4 Å². The molecule has 1 atom stereocenters. The molecule has 1 aromatic rings. The van der Waals surface area contributed by atoms with Crippen molar-refractivity contribution in [1.29, 1.82) is 0 Å². The van der Waals surface area contributed by atoms with Crippen LogP contribution in [0.5, 0.6) is 11.5 Å². The second kappa shape index (κ2) is 7.44. The number of hydrogen-bond donors (Lipinski definition) is 1. The van der Waals surface area contributed by atoms with Gasteiger partial charge in [-0.3, -0.25) is 14.5 Å². The van der Waals surface area contributed by atoms with Gasteiger partial charge in [0.15, 0.2) is 0 Å². The Labute approximate surface area is 147 Å². The monoisotopic (exact) mass is 347 g/mol. The molecule has 3 rings (SSSR count). The number of aliphatic hydroxyl groups is 1. The molecule has 1 spiro atoms. The molecule has 1 saturated carbocycles. The van der Waals surface area contributed by atoms with Crippen LogP contribution in [0.15, 0.2) is 24.3 Å². The maximum atomic E-state index is 12.7. The van der Waals surface area contributed by atoms with Crippen LogP contribution < -0.4 is 9.47 Å². The molecule has 0 aromatic heterocycles. The highest BCUT2D eigenvalue weighted by molar-refractivity contribution is 6.05. The molecule has 1 heterocycles. The summed E-state index contributed by atoms with van der Waals surface area (Å²) in [6.45, 7) is 0.0198. The van der Waals surface area contributed by atoms with E-state index in [1.807, 2.05) is 0 Å². The molecule has 1 aromatic carbocycles. The number of carbonyl (C=O) groups is 2. The van der Waals surface area contributed by atoms with Gasteiger partial charge in [-0.15, -0.1) is 0 Å². The molecule has 0 unspecified atom stereocenters. The fraction of sp³-hybridized carbons (Fsp3) is 0.579. The lowest BCUT2D eigenvalue weighted by atomic mass is 9.73. The number of β-amino-alcohol motifs (C(OH)–C–C–N with tert-alkyl or cyclic N) is 1. The van der Waals surface area contributed by atoms with E-state index in [1.165, 1.54) is 4.90 Å². The van der Waals surface area contributed by atoms with Crippen LogP contribution in [-0.2, 0) is 9.59 Å². The van der Waals surface area contributed by atoms with E-state index in [9.17, 15) is 14.7 Å². The van der Waals surface area contributed by atoms with Gasteiger partial charge in [0.05, 0.1) is 19.1 Å². The lowest BCUT2D eigenvalue weighted by Crippen LogP contribution is -2.42. The molecule has 1 aliphatic heterocycles. The summed E-state index contributed by atoms with van der Waals surface area (Å²) in [5.41, 5.74) is -0.508. The molecule has 2 aliphatic rings. The number of methoxy groups -OCH3 is 1. The number of benzene rings is 1. The van der Waals surface area contributed by atoms with Gasteiger partial charge in [-0.05, 0) is 37.1 Å². The van der Waals surface area contributed by atoms with Crippen LogP contribution in [0.2, 0.25) is 0 Å². The standard InChI is InChI=1S/C19H25NO5/c1-24-15-5-7-16(8-6-15)25-13-14(21)12-20-17(22)11-19(18(20)23)9-3-2-4-10-19/h5-8,14,21H,2-4,9-13H2,1H3/t14-/m1/s1. The van der Waals surface area contributed by atoms with Gasteiger partial charge in [-0.1, -0.05) is 19.3 Å². The fourth-order valence-corrected chi connectivity index (χ4v) is 3.79. The zero-order chi connectivity index (χ0) is 17.9. The van der Waals surface area contributed by atoms with Crippen LogP contribution in [0.25, 0.3) is 0 Å². The molecule has 2 fully saturated rings. The number of rotatable bonds is 6. The number of carbonyl (C=O) groups excluding carboxylic acids is 2. The highest BCUT2D eigenvalue weighted by Crippen LogP contribution is 2.45. The van der Waals surface area contributed by atoms with E-state index in [-0.39, 0.29) is 31.4 Å². The van der Waals surface area contributed by atoms with E-state index in [2.05, 4.69) is 0 Å². The Morgan fingerprint density at radius 2 is 1.76 bits per heavy atom. The SMILES string of the molecule is COc1ccc(OC[C@H](O)CN2C(=O)CC3(CCCCC3)C2=O)cc1. The van der Waals surface area contributed by atoms with Gasteiger partial charge in [0.25, 0.3) is 0 Å². The lowest BCUT2D eigenvalue weighted by Gasteiger charge is -2.30. The van der Waals surface area contributed by atoms with Gasteiger partial charge in [-0.2, -0.15) is 0 Å². The summed E-state index contributed by atoms with van der Waals surface area (Å²) >= 11 is 0. The summed E-state index contributed by atoms with van der Waals surface area (Å²) in [6.07, 6.45) is 4.07. The Morgan fingerprint density at radius 3 is 2.40 bits per heavy atom. The Bertz CT molecular complexity index is 621. The van der Waals surface area contributed by atoms with Gasteiger partial charge in [0.2, 0.25) is 11.8 Å². The second-order valence-electron chi connectivity index (χ2n) is 6.97. The molecule has 6 heteroatoms. The normalized spacial score (nSPS) is 20.8. The molecule has 1 aliphatic carbocycles. The topological polar surface area (TPSA) is 76.1 Å². The summed E-state index contributed by atoms with van der Waals surface area (Å²) in [6, 6.07) is 7.02. The van der Waals surface area contributed by atoms with Crippen LogP contribution in [0.4, 0.5) is 0 Å². The van der Waals surface area contributed by atoms with Crippen molar-refractivity contribution >= 4 is 11.8 Å². The summed E-state index contributed by atoms with van der Waals surface area (Å²) in [7, 11) is 1.59. The van der Waals surface area contributed by atoms with Crippen molar-refractivity contribution in [2.75, 3.05) is 20.3 Å². The van der Waals surface area contributed by atoms with Gasteiger partial charge < -0.3 is 14.6 Å². The average Bonchev–Trinajstić information content (AvgIpc) is 2.85. The molecule has 1 saturated heterocycles. The number of aliphatic hydroxyl groups excluding tert-OH is 1. The number of imide groups is 1. The Hall–Kier alpha value is -2.08. The first-order valence-electron chi connectivity index (χ1n) is 8.84. The van der Waals surface area contributed by atoms with Crippen LogP contribution in [0.1, 0.15) is 38.5 Å². The Morgan fingerprint density at radius 1 is 1.12 bits per heavy atom. The summed E-state index contributed by atoms with van der Waals surface area (Å²) < 4.78 is 10.6. The number of ether oxygens (including phenoxy) is 2. The molecular weight excluding hydrogens is 322 g/mol. The predicted molar refractivity (Wildman–Crippen MR) is 91.4 cm³/mol. The van der Waals surface area contributed by atoms with Crippen molar-refractivity contribution in [1.82, 2.24) is 4.90 Å². The zero-order valence-corrected chi connectivity index (χ0v) is 14.6. The summed E-state index contributed by atoms with van der Waals surface area (Å²) in [4.78, 5) is 26.2. The maximum Gasteiger partial charge on any atom is 0.235 e. The minimum Gasteiger partial charge on any atom is -0.497 e. The average molecular weight is 347 g/mol. The predicted octanol–water partition coefficient (Wildman–Crippen LogP) is 2.14. The van der Waals surface area contributed by atoms with E-state index in [0.29, 0.717) is 5.75 Å². The lowest BCUT2D eigenvalue weighted by molar-refractivity contribution is -0.144. The summed E-state index contributed by atoms with van der Waals surface area (Å²) in [5.74, 6) is 1.04. The highest BCUT2D eigenvalue weighted by Gasteiger charge is 2.51. The van der Waals surface area contributed by atoms with Gasteiger partial charge in [0.1, 0.15) is 24.2 Å². The molecule has 25 heavy (non-hydrogen) atoms. The van der Waals surface area contributed by atoms with Crippen molar-refractivity contribution < 1.29 is 24.2 Å². The number of likely N-dealkylation sites (tertiary alicyclic amines) is 1. The highest BCUT2D eigenvalue weighted by atomic mass is 16.5. The number of nitrogens with zero attached hydrogens (tertiary/aromatic N) is 1. The third-order valence-corrected chi connectivity index (χ3v) is 5.20. The molecular formula is C19H25NO5. The smallest absolute Gasteiger partial charge is 0.235 e. The van der Waals surface area contributed by atoms with E-state index >= 15 is 0 Å². The van der Waals surface area contributed by atoms with Crippen LogP contribution in [0, 0.1) is 5.41 Å². The molecule has 0 bridgehead atoms. The number of hydrogen-bond acceptors (Lipinski definition) is 5. The minimum atomic E-state index is -0.909. The molecule has 136 valence electrons. The molecule has 1 N–H and O–H groups in total. The molecule has 6 nitrogen and oxygen atoms in total. The first kappa shape index (κ1) is 17.7. The van der Waals surface area contributed by atoms with E-state index in [4.69, 9.17) is 9.47 Å². The maximum absolute atomic E-state index is 12.7. The van der Waals surface area contributed by atoms with Gasteiger partial charge in [0, 0.05) is 6.42 Å². The van der Waals surface area contributed by atoms with Crippen molar-refractivity contribution in [3.05, 3.63) is 24.3 Å². The number of amides is 2. The summed E-state index contributed by atoms with van der Waals surface area (Å²) in [5, 5.41) is 10.2. The van der Waals surface area contributed by atoms with E-state index in [0.717, 1.165) is 37.9 Å². The third kappa shape index (κ3) is 3.79. The van der Waals surface area contributed by atoms with Crippen molar-refractivity contribution in [2.45, 2.75) is 44.6 Å². The Kier molecular flexibility index (Phi) is 5.27. The van der Waals surface area contributed by atoms with Crippen molar-refractivity contribution in [3.63, 3.8) is 0 Å². The fourth-order valence-electron chi connectivity index (χ4n) is 3.79. The van der Waals surface area contributed by atoms with Crippen molar-refractivity contribution in [3.8, 4) is 11.5 Å². The largest absolute Gasteiger partial charge is 0.497 e. The first-order valence-corrected chi connectivity index (χ1v) is 8.84. The molecule has 0 radical (unpaired) electrons. The Balaban J connectivity index is 1.54. The minimum absolute atomic E-state index is 0.00439. The van der Waals surface area contributed by atoms with Gasteiger partial charge in [-0.25, -0.2) is 0 Å². The van der Waals surface area contributed by atoms with Gasteiger partial charge >= 0.3 is 0 Å². The quantitative estimate of drug-likeness (QED) is 0.798. The van der Waals surface area contributed by atoms with Crippen LogP contribution >= 0.6 is 0 Å². The molecule has 2 amide bonds. The van der Waals surface area contributed by atoms with E-state index < -0.39 is 11.5 Å². The first-order chi connectivity index (χ1) is 12.0. The van der Waals surface area contributed by atoms with Crippen molar-refractivity contribution in [2.24, 2.45) is 5.41 Å². The third-order valence-electron chi connectivity index (χ3n) is 5.20.